The molecule has 1 aromatic rings. The number of rotatable bonds is 1. The van der Waals surface area contributed by atoms with Crippen LogP contribution in [0.15, 0.2) is 0 Å². The van der Waals surface area contributed by atoms with Gasteiger partial charge >= 0.3 is 0 Å². The Labute approximate surface area is 82.3 Å². The van der Waals surface area contributed by atoms with Gasteiger partial charge in [-0.15, -0.1) is 12.4 Å². The predicted octanol–water partition coefficient (Wildman–Crippen LogP) is -0.398. The Hall–Kier alpha value is -0.880. The molecule has 1 fully saturated rings. The zero-order chi connectivity index (χ0) is 8.39. The van der Waals surface area contributed by atoms with Crippen molar-refractivity contribution in [3.63, 3.8) is 0 Å². The fourth-order valence-corrected chi connectivity index (χ4v) is 1.51. The number of nitrogens with two attached hydrogens (primary N) is 1. The summed E-state index contributed by atoms with van der Waals surface area (Å²) in [5, 5.41) is 14.3. The van der Waals surface area contributed by atoms with Gasteiger partial charge in [-0.2, -0.15) is 0 Å². The van der Waals surface area contributed by atoms with Crippen molar-refractivity contribution < 1.29 is 0 Å². The standard InChI is InChI=1S/C6H12N6.ClH/c7-6-9-10-11-12(6)5-1-3-8-4-2-5;/h5,8H,1-4H2,(H2,7,9,11);1H. The van der Waals surface area contributed by atoms with Crippen molar-refractivity contribution in [2.75, 3.05) is 18.8 Å². The number of nitrogens with one attached hydrogen (secondary N) is 1. The van der Waals surface area contributed by atoms with Crippen LogP contribution in [0.2, 0.25) is 0 Å². The second kappa shape index (κ2) is 4.38. The summed E-state index contributed by atoms with van der Waals surface area (Å²) < 4.78 is 1.71. The van der Waals surface area contributed by atoms with Crippen LogP contribution >= 0.6 is 12.4 Å². The first-order valence-electron chi connectivity index (χ1n) is 4.12. The first-order valence-corrected chi connectivity index (χ1v) is 4.12. The number of nitrogen functional groups attached to an aromatic ring is 1. The summed E-state index contributed by atoms with van der Waals surface area (Å²) in [5.41, 5.74) is 5.58. The van der Waals surface area contributed by atoms with E-state index in [-0.39, 0.29) is 12.4 Å². The van der Waals surface area contributed by atoms with Crippen molar-refractivity contribution >= 4 is 18.4 Å². The van der Waals surface area contributed by atoms with Gasteiger partial charge in [0.15, 0.2) is 0 Å². The second-order valence-electron chi connectivity index (χ2n) is 2.96. The molecule has 0 unspecified atom stereocenters. The second-order valence-corrected chi connectivity index (χ2v) is 2.96. The van der Waals surface area contributed by atoms with Crippen molar-refractivity contribution in [1.82, 2.24) is 25.5 Å². The van der Waals surface area contributed by atoms with Crippen molar-refractivity contribution in [2.24, 2.45) is 0 Å². The Morgan fingerprint density at radius 1 is 1.38 bits per heavy atom. The third-order valence-electron chi connectivity index (χ3n) is 2.17. The minimum Gasteiger partial charge on any atom is -0.367 e. The number of aromatic nitrogens is 4. The molecule has 0 amide bonds. The summed E-state index contributed by atoms with van der Waals surface area (Å²) in [4.78, 5) is 0. The van der Waals surface area contributed by atoms with Gasteiger partial charge < -0.3 is 11.1 Å². The van der Waals surface area contributed by atoms with E-state index in [1.807, 2.05) is 0 Å². The van der Waals surface area contributed by atoms with Crippen LogP contribution < -0.4 is 11.1 Å². The minimum absolute atomic E-state index is 0. The van der Waals surface area contributed by atoms with Crippen molar-refractivity contribution in [3.05, 3.63) is 0 Å². The molecule has 0 aliphatic carbocycles. The summed E-state index contributed by atoms with van der Waals surface area (Å²) in [7, 11) is 0. The molecule has 0 bridgehead atoms. The molecule has 0 spiro atoms. The maximum absolute atomic E-state index is 5.58. The van der Waals surface area contributed by atoms with E-state index in [2.05, 4.69) is 20.8 Å². The molecule has 74 valence electrons. The summed E-state index contributed by atoms with van der Waals surface area (Å²) in [6.07, 6.45) is 2.10. The lowest BCUT2D eigenvalue weighted by Crippen LogP contribution is -2.30. The van der Waals surface area contributed by atoms with Gasteiger partial charge in [0.05, 0.1) is 6.04 Å². The lowest BCUT2D eigenvalue weighted by Gasteiger charge is -2.22. The SMILES string of the molecule is Cl.Nc1nnnn1C1CCNCC1. The van der Waals surface area contributed by atoms with Crippen molar-refractivity contribution in [1.29, 1.82) is 0 Å². The third-order valence-corrected chi connectivity index (χ3v) is 2.17. The molecule has 0 radical (unpaired) electrons. The van der Waals surface area contributed by atoms with Crippen molar-refractivity contribution in [3.8, 4) is 0 Å². The zero-order valence-corrected chi connectivity index (χ0v) is 8.00. The number of hydrogen-bond acceptors (Lipinski definition) is 5. The average Bonchev–Trinajstić information content (AvgIpc) is 2.53. The third kappa shape index (κ3) is 2.07. The maximum Gasteiger partial charge on any atom is 0.240 e. The van der Waals surface area contributed by atoms with Crippen LogP contribution in [0, 0.1) is 0 Å². The smallest absolute Gasteiger partial charge is 0.240 e. The van der Waals surface area contributed by atoms with Gasteiger partial charge in [-0.3, -0.25) is 0 Å². The minimum atomic E-state index is 0. The Balaban J connectivity index is 0.000000845. The molecule has 1 aromatic heterocycles. The van der Waals surface area contributed by atoms with Crippen LogP contribution in [0.5, 0.6) is 0 Å². The average molecular weight is 205 g/mol. The van der Waals surface area contributed by atoms with E-state index in [0.717, 1.165) is 25.9 Å². The van der Waals surface area contributed by atoms with Gasteiger partial charge in [-0.25, -0.2) is 4.68 Å². The molecular formula is C6H13ClN6. The summed E-state index contributed by atoms with van der Waals surface area (Å²) in [5.74, 6) is 0.418. The molecule has 2 rings (SSSR count). The first-order chi connectivity index (χ1) is 5.88. The number of anilines is 1. The van der Waals surface area contributed by atoms with E-state index < -0.39 is 0 Å². The molecule has 1 aliphatic heterocycles. The molecule has 0 atom stereocenters. The Morgan fingerprint density at radius 2 is 2.08 bits per heavy atom. The van der Waals surface area contributed by atoms with Gasteiger partial charge in [0.2, 0.25) is 5.95 Å². The summed E-state index contributed by atoms with van der Waals surface area (Å²) in [6, 6.07) is 0.376. The molecule has 6 nitrogen and oxygen atoms in total. The van der Waals surface area contributed by atoms with Crippen LogP contribution in [0.1, 0.15) is 18.9 Å². The molecule has 1 saturated heterocycles. The number of nitrogens with zero attached hydrogens (tertiary/aromatic N) is 4. The van der Waals surface area contributed by atoms with Crippen LogP contribution in [0.4, 0.5) is 5.95 Å². The van der Waals surface area contributed by atoms with Crippen molar-refractivity contribution in [2.45, 2.75) is 18.9 Å². The van der Waals surface area contributed by atoms with E-state index in [1.165, 1.54) is 0 Å². The number of tetrazole rings is 1. The van der Waals surface area contributed by atoms with E-state index in [1.54, 1.807) is 4.68 Å². The molecule has 13 heavy (non-hydrogen) atoms. The molecule has 7 heteroatoms. The molecular weight excluding hydrogens is 192 g/mol. The molecule has 2 heterocycles. The molecule has 3 N–H and O–H groups in total. The Kier molecular flexibility index (Phi) is 3.44. The highest BCUT2D eigenvalue weighted by Crippen LogP contribution is 2.18. The first kappa shape index (κ1) is 10.2. The molecule has 0 aromatic carbocycles. The number of halogens is 1. The van der Waals surface area contributed by atoms with E-state index in [4.69, 9.17) is 5.73 Å². The normalized spacial score (nSPS) is 18.2. The van der Waals surface area contributed by atoms with Crippen LogP contribution in [0.25, 0.3) is 0 Å². The van der Waals surface area contributed by atoms with E-state index in [9.17, 15) is 0 Å². The van der Waals surface area contributed by atoms with Gasteiger partial charge in [0, 0.05) is 0 Å². The molecule has 1 aliphatic rings. The predicted molar refractivity (Wildman–Crippen MR) is 50.6 cm³/mol. The van der Waals surface area contributed by atoms with E-state index >= 15 is 0 Å². The summed E-state index contributed by atoms with van der Waals surface area (Å²) >= 11 is 0. The molecule has 0 saturated carbocycles. The highest BCUT2D eigenvalue weighted by Gasteiger charge is 2.17. The van der Waals surface area contributed by atoms with Gasteiger partial charge in [-0.05, 0) is 36.4 Å². The van der Waals surface area contributed by atoms with Crippen LogP contribution in [0.3, 0.4) is 0 Å². The highest BCUT2D eigenvalue weighted by molar-refractivity contribution is 5.85. The zero-order valence-electron chi connectivity index (χ0n) is 7.18. The van der Waals surface area contributed by atoms with E-state index in [0.29, 0.717) is 12.0 Å². The van der Waals surface area contributed by atoms with Gasteiger partial charge in [0.25, 0.3) is 0 Å². The number of hydrogen-bond donors (Lipinski definition) is 2. The highest BCUT2D eigenvalue weighted by atomic mass is 35.5. The van der Waals surface area contributed by atoms with Gasteiger partial charge in [-0.1, -0.05) is 5.10 Å². The van der Waals surface area contributed by atoms with Crippen LogP contribution in [-0.2, 0) is 0 Å². The van der Waals surface area contributed by atoms with Crippen LogP contribution in [-0.4, -0.2) is 33.3 Å². The van der Waals surface area contributed by atoms with Gasteiger partial charge in [0.1, 0.15) is 0 Å². The topological polar surface area (TPSA) is 81.7 Å². The Morgan fingerprint density at radius 3 is 2.62 bits per heavy atom. The largest absolute Gasteiger partial charge is 0.367 e. The number of piperidine rings is 1. The summed E-state index contributed by atoms with van der Waals surface area (Å²) in [6.45, 7) is 2.04. The lowest BCUT2D eigenvalue weighted by atomic mass is 10.1. The maximum atomic E-state index is 5.58. The quantitative estimate of drug-likeness (QED) is 0.651. The Bertz CT molecular complexity index is 255. The monoisotopic (exact) mass is 204 g/mol. The lowest BCUT2D eigenvalue weighted by molar-refractivity contribution is 0.341. The fourth-order valence-electron chi connectivity index (χ4n) is 1.51. The fraction of sp³-hybridized carbons (Fsp3) is 0.833.